The molecule has 0 saturated carbocycles. The van der Waals surface area contributed by atoms with Gasteiger partial charge in [0.1, 0.15) is 6.61 Å². The van der Waals surface area contributed by atoms with Crippen LogP contribution in [0.25, 0.3) is 0 Å². The Morgan fingerprint density at radius 3 is 2.57 bits per heavy atom. The van der Waals surface area contributed by atoms with Crippen LogP contribution in [0.2, 0.25) is 0 Å². The summed E-state index contributed by atoms with van der Waals surface area (Å²) < 4.78 is 16.5. The van der Waals surface area contributed by atoms with Crippen LogP contribution in [0.3, 0.4) is 0 Å². The van der Waals surface area contributed by atoms with Crippen molar-refractivity contribution in [2.24, 2.45) is 0 Å². The first-order valence-corrected chi connectivity index (χ1v) is 9.72. The van der Waals surface area contributed by atoms with Crippen LogP contribution < -0.4 is 25.2 Å². The highest BCUT2D eigenvalue weighted by Crippen LogP contribution is 2.40. The highest BCUT2D eigenvalue weighted by atomic mass is 79.9. The number of esters is 1. The second-order valence-electron chi connectivity index (χ2n) is 5.71. The summed E-state index contributed by atoms with van der Waals surface area (Å²) in [5.74, 6) is -1.28. The van der Waals surface area contributed by atoms with Crippen molar-refractivity contribution in [1.29, 1.82) is 0 Å². The van der Waals surface area contributed by atoms with E-state index >= 15 is 0 Å². The molecule has 1 aromatic carbocycles. The highest BCUT2D eigenvalue weighted by Gasteiger charge is 2.32. The van der Waals surface area contributed by atoms with Crippen LogP contribution in [0.15, 0.2) is 27.9 Å². The predicted octanol–water partition coefficient (Wildman–Crippen LogP) is 1.33. The van der Waals surface area contributed by atoms with Crippen molar-refractivity contribution in [3.8, 4) is 11.5 Å². The van der Waals surface area contributed by atoms with Crippen LogP contribution in [0.1, 0.15) is 32.4 Å². The summed E-state index contributed by atoms with van der Waals surface area (Å²) in [6.45, 7) is 5.19. The molecule has 152 valence electrons. The molecule has 1 aromatic rings. The molecule has 2 rings (SSSR count). The molecule has 0 amide bonds. The number of carboxylic acids is 1. The van der Waals surface area contributed by atoms with Crippen molar-refractivity contribution >= 4 is 45.2 Å². The Hall–Kier alpha value is -2.33. The fourth-order valence-corrected chi connectivity index (χ4v) is 3.56. The molecule has 28 heavy (non-hydrogen) atoms. The van der Waals surface area contributed by atoms with E-state index in [0.29, 0.717) is 38.8 Å². The standard InChI is InChI=1S/C18H21BrN2O6S/c1-4-25-12-7-10(6-11(19)16(12)27-8-13(22)23)15-14(17(24)26-5-2)9(3)20-18(28)21-15/h6-7,15H,4-5,8H2,1-3H3,(H,22,23)(H2,20,21,28)/p-1. The van der Waals surface area contributed by atoms with Gasteiger partial charge in [-0.25, -0.2) is 4.79 Å². The van der Waals surface area contributed by atoms with E-state index in [1.807, 2.05) is 0 Å². The Labute approximate surface area is 176 Å². The first-order valence-electron chi connectivity index (χ1n) is 8.52. The lowest BCUT2D eigenvalue weighted by molar-refractivity contribution is -0.307. The van der Waals surface area contributed by atoms with E-state index in [-0.39, 0.29) is 12.4 Å². The number of ether oxygens (including phenoxy) is 3. The van der Waals surface area contributed by atoms with Crippen LogP contribution in [0.5, 0.6) is 11.5 Å². The van der Waals surface area contributed by atoms with Crippen molar-refractivity contribution in [2.45, 2.75) is 26.8 Å². The minimum absolute atomic E-state index is 0.227. The average molecular weight is 472 g/mol. The molecular weight excluding hydrogens is 452 g/mol. The third kappa shape index (κ3) is 5.14. The van der Waals surface area contributed by atoms with Crippen LogP contribution in [0.4, 0.5) is 0 Å². The summed E-state index contributed by atoms with van der Waals surface area (Å²) in [4.78, 5) is 23.2. The molecule has 1 heterocycles. The minimum atomic E-state index is -1.35. The molecule has 2 N–H and O–H groups in total. The van der Waals surface area contributed by atoms with Gasteiger partial charge in [0.05, 0.1) is 35.3 Å². The van der Waals surface area contributed by atoms with Gasteiger partial charge in [0.2, 0.25) is 0 Å². The number of hydrogen-bond donors (Lipinski definition) is 2. The normalized spacial score (nSPS) is 16.1. The first kappa shape index (κ1) is 22.0. The highest BCUT2D eigenvalue weighted by molar-refractivity contribution is 9.10. The second-order valence-corrected chi connectivity index (χ2v) is 6.98. The Morgan fingerprint density at radius 1 is 1.25 bits per heavy atom. The van der Waals surface area contributed by atoms with E-state index in [1.165, 1.54) is 0 Å². The molecule has 0 spiro atoms. The maximum Gasteiger partial charge on any atom is 0.338 e. The van der Waals surface area contributed by atoms with Crippen molar-refractivity contribution in [1.82, 2.24) is 10.6 Å². The van der Waals surface area contributed by atoms with Gasteiger partial charge in [-0.1, -0.05) is 0 Å². The zero-order chi connectivity index (χ0) is 20.8. The fraction of sp³-hybridized carbons (Fsp3) is 0.389. The molecule has 1 aliphatic heterocycles. The molecule has 0 bridgehead atoms. The van der Waals surface area contributed by atoms with E-state index in [0.717, 1.165) is 0 Å². The van der Waals surface area contributed by atoms with Crippen LogP contribution in [-0.2, 0) is 14.3 Å². The third-order valence-electron chi connectivity index (χ3n) is 3.76. The zero-order valence-corrected chi connectivity index (χ0v) is 18.0. The lowest BCUT2D eigenvalue weighted by atomic mass is 9.95. The molecule has 1 aliphatic rings. The number of carboxylic acid groups (broad SMARTS) is 1. The van der Waals surface area contributed by atoms with Gasteiger partial charge >= 0.3 is 5.97 Å². The number of rotatable bonds is 8. The number of carbonyl (C=O) groups is 2. The third-order valence-corrected chi connectivity index (χ3v) is 4.57. The number of hydrogen-bond acceptors (Lipinski definition) is 7. The van der Waals surface area contributed by atoms with Gasteiger partial charge in [0, 0.05) is 5.70 Å². The molecule has 1 unspecified atom stereocenters. The number of halogens is 1. The van der Waals surface area contributed by atoms with Gasteiger partial charge in [-0.2, -0.15) is 0 Å². The van der Waals surface area contributed by atoms with Gasteiger partial charge in [0.15, 0.2) is 16.6 Å². The average Bonchev–Trinajstić information content (AvgIpc) is 2.60. The SMILES string of the molecule is CCOC(=O)C1=C(C)NC(=S)NC1c1cc(Br)c(OCC(=O)[O-])c(OCC)c1. The number of carbonyl (C=O) groups excluding carboxylic acids is 2. The summed E-state index contributed by atoms with van der Waals surface area (Å²) in [5, 5.41) is 17.1. The van der Waals surface area contributed by atoms with Crippen molar-refractivity contribution in [2.75, 3.05) is 19.8 Å². The summed E-state index contributed by atoms with van der Waals surface area (Å²) in [6.07, 6.45) is 0. The van der Waals surface area contributed by atoms with Crippen LogP contribution in [0, 0.1) is 0 Å². The number of aliphatic carboxylic acids is 1. The topological polar surface area (TPSA) is 109 Å². The molecule has 1 atom stereocenters. The van der Waals surface area contributed by atoms with E-state index < -0.39 is 24.6 Å². The molecule has 0 radical (unpaired) electrons. The largest absolute Gasteiger partial charge is 0.546 e. The number of thiocarbonyl (C=S) groups is 1. The Balaban J connectivity index is 2.51. The number of nitrogens with one attached hydrogen (secondary N) is 2. The lowest BCUT2D eigenvalue weighted by Gasteiger charge is -2.30. The summed E-state index contributed by atoms with van der Waals surface area (Å²) in [7, 11) is 0. The maximum atomic E-state index is 12.5. The van der Waals surface area contributed by atoms with Crippen LogP contribution in [-0.4, -0.2) is 36.9 Å². The Bertz CT molecular complexity index is 827. The van der Waals surface area contributed by atoms with Gasteiger partial charge in [-0.05, 0) is 66.6 Å². The first-order chi connectivity index (χ1) is 13.3. The Morgan fingerprint density at radius 2 is 1.96 bits per heavy atom. The van der Waals surface area contributed by atoms with E-state index in [1.54, 1.807) is 32.9 Å². The quantitative estimate of drug-likeness (QED) is 0.428. The molecule has 0 fully saturated rings. The molecule has 0 saturated heterocycles. The maximum absolute atomic E-state index is 12.5. The van der Waals surface area contributed by atoms with E-state index in [9.17, 15) is 14.7 Å². The fourth-order valence-electron chi connectivity index (χ4n) is 2.71. The number of benzene rings is 1. The predicted molar refractivity (Wildman–Crippen MR) is 107 cm³/mol. The molecule has 10 heteroatoms. The van der Waals surface area contributed by atoms with Gasteiger partial charge < -0.3 is 34.7 Å². The van der Waals surface area contributed by atoms with E-state index in [4.69, 9.17) is 26.4 Å². The molecule has 0 aromatic heterocycles. The number of allylic oxidation sites excluding steroid dienone is 1. The molecular formula is C18H20BrN2O6S-. The minimum Gasteiger partial charge on any atom is -0.546 e. The van der Waals surface area contributed by atoms with Crippen molar-refractivity contribution in [3.05, 3.63) is 33.4 Å². The molecule has 0 aliphatic carbocycles. The summed E-state index contributed by atoms with van der Waals surface area (Å²) >= 11 is 8.60. The monoisotopic (exact) mass is 471 g/mol. The smallest absolute Gasteiger partial charge is 0.338 e. The van der Waals surface area contributed by atoms with Gasteiger partial charge in [-0.15, -0.1) is 0 Å². The van der Waals surface area contributed by atoms with Gasteiger partial charge in [0.25, 0.3) is 0 Å². The van der Waals surface area contributed by atoms with Crippen LogP contribution >= 0.6 is 28.1 Å². The molecule has 8 nitrogen and oxygen atoms in total. The van der Waals surface area contributed by atoms with E-state index in [2.05, 4.69) is 26.6 Å². The van der Waals surface area contributed by atoms with Gasteiger partial charge in [-0.3, -0.25) is 0 Å². The Kier molecular flexibility index (Phi) is 7.64. The van der Waals surface area contributed by atoms with Crippen molar-refractivity contribution in [3.63, 3.8) is 0 Å². The zero-order valence-electron chi connectivity index (χ0n) is 15.6. The summed E-state index contributed by atoms with van der Waals surface area (Å²) in [6, 6.07) is 2.78. The second kappa shape index (κ2) is 9.74. The lowest BCUT2D eigenvalue weighted by Crippen LogP contribution is -2.45. The summed E-state index contributed by atoms with van der Waals surface area (Å²) in [5.41, 5.74) is 1.62. The van der Waals surface area contributed by atoms with Crippen molar-refractivity contribution < 1.29 is 28.9 Å².